The first-order chi connectivity index (χ1) is 10.3. The predicted molar refractivity (Wildman–Crippen MR) is 89.1 cm³/mol. The zero-order valence-electron chi connectivity index (χ0n) is 12.2. The Kier molecular flexibility index (Phi) is 4.41. The standard InChI is InChI=1S/C18H19NOS/c1-20-18-6-4-15(5-7-18)3-2-10-19-11-8-16(13-19)17-9-12-21-14-17/h4-9,11-14H,2-3,10H2,1H3. The van der Waals surface area contributed by atoms with Crippen molar-refractivity contribution in [1.29, 1.82) is 0 Å². The number of hydrogen-bond acceptors (Lipinski definition) is 2. The molecule has 2 aromatic heterocycles. The summed E-state index contributed by atoms with van der Waals surface area (Å²) in [5.41, 5.74) is 3.98. The Bertz CT molecular complexity index is 668. The Hall–Kier alpha value is -2.00. The molecular weight excluding hydrogens is 278 g/mol. The summed E-state index contributed by atoms with van der Waals surface area (Å²) < 4.78 is 7.45. The molecule has 0 bridgehead atoms. The molecule has 0 atom stereocenters. The maximum atomic E-state index is 5.18. The van der Waals surface area contributed by atoms with Crippen LogP contribution in [0.1, 0.15) is 12.0 Å². The second-order valence-corrected chi connectivity index (χ2v) is 5.88. The molecule has 0 amide bonds. The van der Waals surface area contributed by atoms with Gasteiger partial charge < -0.3 is 9.30 Å². The number of nitrogens with zero attached hydrogens (tertiary/aromatic N) is 1. The molecule has 0 aliphatic carbocycles. The summed E-state index contributed by atoms with van der Waals surface area (Å²) in [6.45, 7) is 1.05. The molecule has 0 aliphatic rings. The van der Waals surface area contributed by atoms with E-state index in [1.54, 1.807) is 18.4 Å². The molecule has 2 nitrogen and oxygen atoms in total. The van der Waals surface area contributed by atoms with Gasteiger partial charge in [-0.1, -0.05) is 12.1 Å². The van der Waals surface area contributed by atoms with Crippen molar-refractivity contribution >= 4 is 11.3 Å². The Balaban J connectivity index is 1.53. The first-order valence-electron chi connectivity index (χ1n) is 7.16. The van der Waals surface area contributed by atoms with Crippen LogP contribution in [0.4, 0.5) is 0 Å². The number of thiophene rings is 1. The summed E-state index contributed by atoms with van der Waals surface area (Å²) in [6.07, 6.45) is 6.64. The lowest BCUT2D eigenvalue weighted by Gasteiger charge is -2.05. The normalized spacial score (nSPS) is 10.7. The highest BCUT2D eigenvalue weighted by Gasteiger charge is 2.01. The number of methoxy groups -OCH3 is 1. The van der Waals surface area contributed by atoms with Crippen molar-refractivity contribution in [3.63, 3.8) is 0 Å². The Morgan fingerprint density at radius 1 is 1.05 bits per heavy atom. The SMILES string of the molecule is COc1ccc(CCCn2ccc(-c3ccsc3)c2)cc1. The number of hydrogen-bond donors (Lipinski definition) is 0. The second kappa shape index (κ2) is 6.64. The Morgan fingerprint density at radius 2 is 1.90 bits per heavy atom. The number of aryl methyl sites for hydroxylation is 2. The van der Waals surface area contributed by atoms with Crippen LogP contribution < -0.4 is 4.74 Å². The number of aromatic nitrogens is 1. The van der Waals surface area contributed by atoms with Crippen LogP contribution in [0.2, 0.25) is 0 Å². The highest BCUT2D eigenvalue weighted by atomic mass is 32.1. The fourth-order valence-corrected chi connectivity index (χ4v) is 3.10. The highest BCUT2D eigenvalue weighted by Crippen LogP contribution is 2.22. The van der Waals surface area contributed by atoms with Crippen molar-refractivity contribution in [3.05, 3.63) is 65.1 Å². The molecule has 0 saturated heterocycles. The third-order valence-corrected chi connectivity index (χ3v) is 4.33. The smallest absolute Gasteiger partial charge is 0.118 e. The van der Waals surface area contributed by atoms with E-state index in [-0.39, 0.29) is 0 Å². The molecule has 3 heteroatoms. The van der Waals surface area contributed by atoms with Crippen molar-refractivity contribution < 1.29 is 4.74 Å². The van der Waals surface area contributed by atoms with E-state index < -0.39 is 0 Å². The van der Waals surface area contributed by atoms with E-state index >= 15 is 0 Å². The molecule has 0 N–H and O–H groups in total. The lowest BCUT2D eigenvalue weighted by atomic mass is 10.1. The molecule has 0 radical (unpaired) electrons. The van der Waals surface area contributed by atoms with Crippen molar-refractivity contribution in [1.82, 2.24) is 4.57 Å². The van der Waals surface area contributed by atoms with Gasteiger partial charge >= 0.3 is 0 Å². The largest absolute Gasteiger partial charge is 0.497 e. The average Bonchev–Trinajstić information content (AvgIpc) is 3.19. The van der Waals surface area contributed by atoms with Crippen LogP contribution in [0.5, 0.6) is 5.75 Å². The molecule has 0 aliphatic heterocycles. The van der Waals surface area contributed by atoms with Crippen molar-refractivity contribution in [3.8, 4) is 16.9 Å². The molecule has 0 spiro atoms. The van der Waals surface area contributed by atoms with E-state index in [4.69, 9.17) is 4.74 Å². The van der Waals surface area contributed by atoms with Crippen LogP contribution >= 0.6 is 11.3 Å². The first-order valence-corrected chi connectivity index (χ1v) is 8.11. The second-order valence-electron chi connectivity index (χ2n) is 5.10. The minimum absolute atomic E-state index is 0.921. The summed E-state index contributed by atoms with van der Waals surface area (Å²) >= 11 is 1.74. The van der Waals surface area contributed by atoms with Crippen molar-refractivity contribution in [2.24, 2.45) is 0 Å². The van der Waals surface area contributed by atoms with Gasteiger partial charge in [-0.15, -0.1) is 0 Å². The van der Waals surface area contributed by atoms with Gasteiger partial charge in [0.15, 0.2) is 0 Å². The summed E-state index contributed by atoms with van der Waals surface area (Å²) in [5, 5.41) is 4.31. The van der Waals surface area contributed by atoms with Crippen LogP contribution in [0.15, 0.2) is 59.6 Å². The van der Waals surface area contributed by atoms with E-state index in [0.717, 1.165) is 25.1 Å². The van der Waals surface area contributed by atoms with Gasteiger partial charge in [0.05, 0.1) is 7.11 Å². The number of rotatable bonds is 6. The van der Waals surface area contributed by atoms with Crippen LogP contribution in [-0.2, 0) is 13.0 Å². The topological polar surface area (TPSA) is 14.2 Å². The van der Waals surface area contributed by atoms with E-state index in [2.05, 4.69) is 52.0 Å². The molecule has 108 valence electrons. The van der Waals surface area contributed by atoms with Gasteiger partial charge in [-0.05, 0) is 59.0 Å². The van der Waals surface area contributed by atoms with Crippen LogP contribution in [0.25, 0.3) is 11.1 Å². The van der Waals surface area contributed by atoms with Crippen molar-refractivity contribution in [2.75, 3.05) is 7.11 Å². The van der Waals surface area contributed by atoms with E-state index in [0.29, 0.717) is 0 Å². The quantitative estimate of drug-likeness (QED) is 0.634. The zero-order valence-corrected chi connectivity index (χ0v) is 13.0. The van der Waals surface area contributed by atoms with Gasteiger partial charge in [0, 0.05) is 24.5 Å². The Labute approximate surface area is 129 Å². The lowest BCUT2D eigenvalue weighted by Crippen LogP contribution is -1.96. The first kappa shape index (κ1) is 14.0. The lowest BCUT2D eigenvalue weighted by molar-refractivity contribution is 0.414. The third kappa shape index (κ3) is 3.56. The van der Waals surface area contributed by atoms with Crippen LogP contribution in [0, 0.1) is 0 Å². The number of ether oxygens (including phenoxy) is 1. The van der Waals surface area contributed by atoms with Crippen LogP contribution in [-0.4, -0.2) is 11.7 Å². The summed E-state index contributed by atoms with van der Waals surface area (Å²) in [7, 11) is 1.70. The Morgan fingerprint density at radius 3 is 2.62 bits per heavy atom. The van der Waals surface area contributed by atoms with Gasteiger partial charge in [0.25, 0.3) is 0 Å². The van der Waals surface area contributed by atoms with Gasteiger partial charge in [-0.25, -0.2) is 0 Å². The molecule has 2 heterocycles. The van der Waals surface area contributed by atoms with Crippen LogP contribution in [0.3, 0.4) is 0 Å². The summed E-state index contributed by atoms with van der Waals surface area (Å²) in [4.78, 5) is 0. The van der Waals surface area contributed by atoms with Crippen molar-refractivity contribution in [2.45, 2.75) is 19.4 Å². The molecular formula is C18H19NOS. The fraction of sp³-hybridized carbons (Fsp3) is 0.222. The fourth-order valence-electron chi connectivity index (χ4n) is 2.44. The zero-order chi connectivity index (χ0) is 14.5. The monoisotopic (exact) mass is 297 g/mol. The summed E-state index contributed by atoms with van der Waals surface area (Å²) in [5.74, 6) is 0.921. The average molecular weight is 297 g/mol. The third-order valence-electron chi connectivity index (χ3n) is 3.65. The molecule has 21 heavy (non-hydrogen) atoms. The highest BCUT2D eigenvalue weighted by molar-refractivity contribution is 7.08. The van der Waals surface area contributed by atoms with Gasteiger partial charge in [0.1, 0.15) is 5.75 Å². The number of benzene rings is 1. The molecule has 0 saturated carbocycles. The maximum Gasteiger partial charge on any atom is 0.118 e. The molecule has 3 rings (SSSR count). The summed E-state index contributed by atoms with van der Waals surface area (Å²) in [6, 6.07) is 12.7. The van der Waals surface area contributed by atoms with E-state index in [1.165, 1.54) is 16.7 Å². The minimum atomic E-state index is 0.921. The molecule has 1 aromatic carbocycles. The van der Waals surface area contributed by atoms with E-state index in [1.807, 2.05) is 12.1 Å². The minimum Gasteiger partial charge on any atom is -0.497 e. The van der Waals surface area contributed by atoms with Gasteiger partial charge in [0.2, 0.25) is 0 Å². The van der Waals surface area contributed by atoms with E-state index in [9.17, 15) is 0 Å². The molecule has 0 fully saturated rings. The maximum absolute atomic E-state index is 5.18. The molecule has 0 unspecified atom stereocenters. The van der Waals surface area contributed by atoms with Gasteiger partial charge in [-0.2, -0.15) is 11.3 Å². The molecule has 3 aromatic rings. The predicted octanol–water partition coefficient (Wildman–Crippen LogP) is 4.86. The van der Waals surface area contributed by atoms with Gasteiger partial charge in [-0.3, -0.25) is 0 Å².